The molecule has 2 N–H and O–H groups in total. The van der Waals surface area contributed by atoms with Gasteiger partial charge in [-0.3, -0.25) is 4.79 Å². The van der Waals surface area contributed by atoms with Gasteiger partial charge in [-0.05, 0) is 0 Å². The second kappa shape index (κ2) is 4.42. The van der Waals surface area contributed by atoms with Crippen LogP contribution < -0.4 is 5.73 Å². The van der Waals surface area contributed by atoms with Crippen molar-refractivity contribution < 1.29 is 9.53 Å². The van der Waals surface area contributed by atoms with E-state index in [-0.39, 0.29) is 11.9 Å². The minimum absolute atomic E-state index is 0.0891. The maximum absolute atomic E-state index is 11.4. The average molecular weight is 172 g/mol. The molecule has 0 radical (unpaired) electrons. The van der Waals surface area contributed by atoms with E-state index in [1.165, 1.54) is 0 Å². The molecule has 70 valence electrons. The van der Waals surface area contributed by atoms with Crippen LogP contribution in [0.5, 0.6) is 0 Å². The third-order valence-electron chi connectivity index (χ3n) is 2.12. The Labute approximate surface area is 72.7 Å². The van der Waals surface area contributed by atoms with E-state index in [4.69, 9.17) is 10.5 Å². The van der Waals surface area contributed by atoms with Crippen molar-refractivity contribution in [2.24, 2.45) is 5.73 Å². The number of ether oxygens (including phenoxy) is 1. The number of hydrogen-bond acceptors (Lipinski definition) is 3. The van der Waals surface area contributed by atoms with Crippen LogP contribution in [0.15, 0.2) is 0 Å². The second-order valence-corrected chi connectivity index (χ2v) is 2.91. The van der Waals surface area contributed by atoms with E-state index < -0.39 is 0 Å². The Morgan fingerprint density at radius 3 is 3.08 bits per heavy atom. The number of morpholine rings is 1. The van der Waals surface area contributed by atoms with Gasteiger partial charge in [-0.2, -0.15) is 0 Å². The van der Waals surface area contributed by atoms with Crippen LogP contribution in [0.25, 0.3) is 0 Å². The van der Waals surface area contributed by atoms with Crippen molar-refractivity contribution in [3.05, 3.63) is 0 Å². The molecular weight excluding hydrogens is 156 g/mol. The summed E-state index contributed by atoms with van der Waals surface area (Å²) in [5, 5.41) is 0. The van der Waals surface area contributed by atoms with Gasteiger partial charge in [-0.1, -0.05) is 6.92 Å². The first-order valence-corrected chi connectivity index (χ1v) is 4.36. The fourth-order valence-electron chi connectivity index (χ4n) is 1.38. The molecule has 1 aliphatic heterocycles. The molecule has 1 atom stereocenters. The fraction of sp³-hybridized carbons (Fsp3) is 0.875. The van der Waals surface area contributed by atoms with Crippen molar-refractivity contribution in [1.82, 2.24) is 4.90 Å². The molecular formula is C8H16N2O2. The molecule has 1 aliphatic rings. The summed E-state index contributed by atoms with van der Waals surface area (Å²) in [6.07, 6.45) is 0.552. The lowest BCUT2D eigenvalue weighted by Crippen LogP contribution is -2.51. The maximum Gasteiger partial charge on any atom is 0.222 e. The van der Waals surface area contributed by atoms with E-state index in [9.17, 15) is 4.79 Å². The summed E-state index contributed by atoms with van der Waals surface area (Å²) >= 11 is 0. The Bertz CT molecular complexity index is 161. The Hall–Kier alpha value is -0.610. The van der Waals surface area contributed by atoms with Crippen molar-refractivity contribution in [1.29, 1.82) is 0 Å². The van der Waals surface area contributed by atoms with Gasteiger partial charge in [0.2, 0.25) is 5.91 Å². The predicted octanol–water partition coefficient (Wildman–Crippen LogP) is -0.417. The summed E-state index contributed by atoms with van der Waals surface area (Å²) in [6, 6.07) is 0.0891. The largest absolute Gasteiger partial charge is 0.377 e. The third kappa shape index (κ3) is 1.95. The Kier molecular flexibility index (Phi) is 3.49. The standard InChI is InChI=1S/C8H16N2O2/c1-2-8(11)10-3-4-12-6-7(10)5-9/h7H,2-6,9H2,1H3. The van der Waals surface area contributed by atoms with Gasteiger partial charge in [-0.25, -0.2) is 0 Å². The quantitative estimate of drug-likeness (QED) is 0.615. The van der Waals surface area contributed by atoms with Crippen LogP contribution in [0.3, 0.4) is 0 Å². The Morgan fingerprint density at radius 1 is 1.75 bits per heavy atom. The Morgan fingerprint density at radius 2 is 2.50 bits per heavy atom. The van der Waals surface area contributed by atoms with Crippen LogP contribution >= 0.6 is 0 Å². The highest BCUT2D eigenvalue weighted by atomic mass is 16.5. The van der Waals surface area contributed by atoms with Crippen molar-refractivity contribution >= 4 is 5.91 Å². The monoisotopic (exact) mass is 172 g/mol. The zero-order valence-corrected chi connectivity index (χ0v) is 7.45. The lowest BCUT2D eigenvalue weighted by Gasteiger charge is -2.34. The normalized spacial score (nSPS) is 24.2. The van der Waals surface area contributed by atoms with Crippen LogP contribution in [-0.4, -0.2) is 43.2 Å². The number of hydrogen-bond donors (Lipinski definition) is 1. The molecule has 12 heavy (non-hydrogen) atoms. The summed E-state index contributed by atoms with van der Waals surface area (Å²) in [5.74, 6) is 0.175. The molecule has 0 spiro atoms. The van der Waals surface area contributed by atoms with E-state index in [1.807, 2.05) is 11.8 Å². The minimum atomic E-state index is 0.0891. The molecule has 0 aromatic rings. The molecule has 0 aromatic carbocycles. The van der Waals surface area contributed by atoms with Crippen LogP contribution in [0.2, 0.25) is 0 Å². The lowest BCUT2D eigenvalue weighted by atomic mass is 10.2. The topological polar surface area (TPSA) is 55.6 Å². The van der Waals surface area contributed by atoms with Crippen molar-refractivity contribution in [3.8, 4) is 0 Å². The molecule has 1 saturated heterocycles. The van der Waals surface area contributed by atoms with Crippen molar-refractivity contribution in [2.45, 2.75) is 19.4 Å². The second-order valence-electron chi connectivity index (χ2n) is 2.91. The molecule has 0 saturated carbocycles. The first-order chi connectivity index (χ1) is 5.79. The van der Waals surface area contributed by atoms with Gasteiger partial charge in [0.15, 0.2) is 0 Å². The van der Waals surface area contributed by atoms with E-state index in [0.717, 1.165) is 0 Å². The van der Waals surface area contributed by atoms with Gasteiger partial charge < -0.3 is 15.4 Å². The molecule has 1 unspecified atom stereocenters. The molecule has 1 rings (SSSR count). The smallest absolute Gasteiger partial charge is 0.222 e. The SMILES string of the molecule is CCC(=O)N1CCOCC1CN. The number of amides is 1. The molecule has 1 heterocycles. The molecule has 1 amide bonds. The lowest BCUT2D eigenvalue weighted by molar-refractivity contribution is -0.139. The van der Waals surface area contributed by atoms with Crippen LogP contribution in [0, 0.1) is 0 Å². The number of carbonyl (C=O) groups is 1. The van der Waals surface area contributed by atoms with Gasteiger partial charge in [0.05, 0.1) is 19.3 Å². The van der Waals surface area contributed by atoms with E-state index >= 15 is 0 Å². The number of nitrogens with zero attached hydrogens (tertiary/aromatic N) is 1. The summed E-state index contributed by atoms with van der Waals surface area (Å²) < 4.78 is 5.22. The van der Waals surface area contributed by atoms with Crippen LogP contribution in [0.1, 0.15) is 13.3 Å². The highest BCUT2D eigenvalue weighted by Crippen LogP contribution is 2.07. The molecule has 1 fully saturated rings. The summed E-state index contributed by atoms with van der Waals surface area (Å²) in [4.78, 5) is 13.2. The summed E-state index contributed by atoms with van der Waals surface area (Å²) in [7, 11) is 0. The summed E-state index contributed by atoms with van der Waals surface area (Å²) in [5.41, 5.74) is 5.51. The Balaban J connectivity index is 2.52. The molecule has 0 bridgehead atoms. The van der Waals surface area contributed by atoms with Crippen molar-refractivity contribution in [3.63, 3.8) is 0 Å². The summed E-state index contributed by atoms with van der Waals surface area (Å²) in [6.45, 7) is 4.27. The van der Waals surface area contributed by atoms with Crippen LogP contribution in [-0.2, 0) is 9.53 Å². The fourth-order valence-corrected chi connectivity index (χ4v) is 1.38. The number of carbonyl (C=O) groups excluding carboxylic acids is 1. The molecule has 0 aromatic heterocycles. The zero-order chi connectivity index (χ0) is 8.97. The van der Waals surface area contributed by atoms with Gasteiger partial charge in [0.1, 0.15) is 0 Å². The van der Waals surface area contributed by atoms with Gasteiger partial charge in [0.25, 0.3) is 0 Å². The van der Waals surface area contributed by atoms with Crippen molar-refractivity contribution in [2.75, 3.05) is 26.3 Å². The first kappa shape index (κ1) is 9.48. The first-order valence-electron chi connectivity index (χ1n) is 4.36. The van der Waals surface area contributed by atoms with E-state index in [2.05, 4.69) is 0 Å². The predicted molar refractivity (Wildman–Crippen MR) is 45.7 cm³/mol. The van der Waals surface area contributed by atoms with Gasteiger partial charge >= 0.3 is 0 Å². The molecule has 4 nitrogen and oxygen atoms in total. The molecule has 4 heteroatoms. The third-order valence-corrected chi connectivity index (χ3v) is 2.12. The van der Waals surface area contributed by atoms with Gasteiger partial charge in [0, 0.05) is 19.5 Å². The van der Waals surface area contributed by atoms with E-state index in [0.29, 0.717) is 32.7 Å². The zero-order valence-electron chi connectivity index (χ0n) is 7.45. The van der Waals surface area contributed by atoms with Gasteiger partial charge in [-0.15, -0.1) is 0 Å². The maximum atomic E-state index is 11.4. The van der Waals surface area contributed by atoms with E-state index in [1.54, 1.807) is 0 Å². The highest BCUT2D eigenvalue weighted by molar-refractivity contribution is 5.76. The highest BCUT2D eigenvalue weighted by Gasteiger charge is 2.24. The minimum Gasteiger partial charge on any atom is -0.377 e. The molecule has 0 aliphatic carbocycles. The number of nitrogens with two attached hydrogens (primary N) is 1. The average Bonchev–Trinajstić information content (AvgIpc) is 2.16. The number of rotatable bonds is 2. The van der Waals surface area contributed by atoms with Crippen LogP contribution in [0.4, 0.5) is 0 Å².